The Labute approximate surface area is 114 Å². The Kier molecular flexibility index (Phi) is 5.97. The predicted octanol–water partition coefficient (Wildman–Crippen LogP) is 1.63. The number of amides is 1. The fraction of sp³-hybridized carbons (Fsp3) is 0.462. The van der Waals surface area contributed by atoms with Crippen LogP contribution in [0.25, 0.3) is 0 Å². The standard InChI is InChI=1S/C13H16F3NO3/c1-9(20-8-10-5-3-2-4-6-10)12(19)17-7-11(18)13(14,15)16/h2-6,9,11,18H,7-8H2,1H3,(H,17,19). The van der Waals surface area contributed by atoms with Crippen LogP contribution in [0.1, 0.15) is 12.5 Å². The molecule has 7 heteroatoms. The topological polar surface area (TPSA) is 58.6 Å². The first-order valence-corrected chi connectivity index (χ1v) is 5.98. The lowest BCUT2D eigenvalue weighted by atomic mass is 10.2. The number of carbonyl (C=O) groups is 1. The summed E-state index contributed by atoms with van der Waals surface area (Å²) in [6.45, 7) is 0.719. The van der Waals surface area contributed by atoms with Gasteiger partial charge in [-0.3, -0.25) is 4.79 Å². The van der Waals surface area contributed by atoms with Gasteiger partial charge in [0.15, 0.2) is 6.10 Å². The molecule has 1 amide bonds. The molecule has 1 aromatic carbocycles. The van der Waals surface area contributed by atoms with Gasteiger partial charge < -0.3 is 15.2 Å². The van der Waals surface area contributed by atoms with Gasteiger partial charge in [0.2, 0.25) is 5.91 Å². The first-order valence-electron chi connectivity index (χ1n) is 5.98. The van der Waals surface area contributed by atoms with Crippen molar-refractivity contribution in [3.8, 4) is 0 Å². The zero-order chi connectivity index (χ0) is 15.2. The average molecular weight is 291 g/mol. The average Bonchev–Trinajstić information content (AvgIpc) is 2.41. The minimum Gasteiger partial charge on any atom is -0.382 e. The summed E-state index contributed by atoms with van der Waals surface area (Å²) in [4.78, 5) is 11.5. The molecule has 0 fully saturated rings. The summed E-state index contributed by atoms with van der Waals surface area (Å²) in [6, 6.07) is 9.06. The third-order valence-electron chi connectivity index (χ3n) is 2.56. The maximum atomic E-state index is 12.0. The van der Waals surface area contributed by atoms with Crippen molar-refractivity contribution in [1.82, 2.24) is 5.32 Å². The lowest BCUT2D eigenvalue weighted by Crippen LogP contribution is -2.44. The number of ether oxygens (including phenoxy) is 1. The van der Waals surface area contributed by atoms with Gasteiger partial charge >= 0.3 is 6.18 Å². The van der Waals surface area contributed by atoms with Gasteiger partial charge in [-0.1, -0.05) is 30.3 Å². The van der Waals surface area contributed by atoms with Crippen molar-refractivity contribution in [3.05, 3.63) is 35.9 Å². The summed E-state index contributed by atoms with van der Waals surface area (Å²) in [5.41, 5.74) is 0.850. The number of carbonyl (C=O) groups excluding carboxylic acids is 1. The molecular weight excluding hydrogens is 275 g/mol. The van der Waals surface area contributed by atoms with E-state index in [1.165, 1.54) is 6.92 Å². The van der Waals surface area contributed by atoms with E-state index in [2.05, 4.69) is 0 Å². The maximum absolute atomic E-state index is 12.0. The molecule has 0 aromatic heterocycles. The molecule has 0 radical (unpaired) electrons. The molecular formula is C13H16F3NO3. The molecule has 0 saturated heterocycles. The van der Waals surface area contributed by atoms with Gasteiger partial charge in [-0.25, -0.2) is 0 Å². The Morgan fingerprint density at radius 3 is 2.50 bits per heavy atom. The maximum Gasteiger partial charge on any atom is 0.416 e. The number of rotatable bonds is 6. The molecule has 0 saturated carbocycles. The van der Waals surface area contributed by atoms with Gasteiger partial charge in [-0.2, -0.15) is 13.2 Å². The first kappa shape index (κ1) is 16.5. The normalized spacial score (nSPS) is 14.7. The molecule has 1 aromatic rings. The number of nitrogens with one attached hydrogen (secondary N) is 1. The van der Waals surface area contributed by atoms with Crippen molar-refractivity contribution in [2.24, 2.45) is 0 Å². The van der Waals surface area contributed by atoms with Crippen LogP contribution < -0.4 is 5.32 Å². The third kappa shape index (κ3) is 5.58. The fourth-order valence-corrected chi connectivity index (χ4v) is 1.33. The lowest BCUT2D eigenvalue weighted by Gasteiger charge is -2.17. The van der Waals surface area contributed by atoms with Gasteiger partial charge in [0.25, 0.3) is 0 Å². The van der Waals surface area contributed by atoms with Crippen molar-refractivity contribution in [2.75, 3.05) is 6.54 Å². The van der Waals surface area contributed by atoms with E-state index in [1.54, 1.807) is 12.1 Å². The van der Waals surface area contributed by atoms with Crippen LogP contribution in [0.4, 0.5) is 13.2 Å². The van der Waals surface area contributed by atoms with Crippen LogP contribution >= 0.6 is 0 Å². The molecule has 0 aliphatic carbocycles. The monoisotopic (exact) mass is 291 g/mol. The van der Waals surface area contributed by atoms with Crippen LogP contribution in [-0.4, -0.2) is 35.9 Å². The minimum atomic E-state index is -4.75. The molecule has 0 heterocycles. The molecule has 2 unspecified atom stereocenters. The Morgan fingerprint density at radius 1 is 1.35 bits per heavy atom. The highest BCUT2D eigenvalue weighted by molar-refractivity contribution is 5.80. The molecule has 0 aliphatic rings. The third-order valence-corrected chi connectivity index (χ3v) is 2.56. The van der Waals surface area contributed by atoms with Crippen LogP contribution in [0.5, 0.6) is 0 Å². The minimum absolute atomic E-state index is 0.178. The van der Waals surface area contributed by atoms with Gasteiger partial charge in [0.05, 0.1) is 13.2 Å². The van der Waals surface area contributed by atoms with Crippen LogP contribution in [0.2, 0.25) is 0 Å². The van der Waals surface area contributed by atoms with Crippen molar-refractivity contribution in [1.29, 1.82) is 0 Å². The van der Waals surface area contributed by atoms with E-state index < -0.39 is 30.8 Å². The molecule has 0 bridgehead atoms. The van der Waals surface area contributed by atoms with Crippen LogP contribution in [0.3, 0.4) is 0 Å². The highest BCUT2D eigenvalue weighted by Crippen LogP contribution is 2.19. The van der Waals surface area contributed by atoms with Crippen molar-refractivity contribution in [2.45, 2.75) is 31.9 Å². The summed E-state index contributed by atoms with van der Waals surface area (Å²) in [7, 11) is 0. The second-order valence-electron chi connectivity index (χ2n) is 4.24. The zero-order valence-corrected chi connectivity index (χ0v) is 10.9. The summed E-state index contributed by atoms with van der Waals surface area (Å²) in [5, 5.41) is 10.7. The molecule has 1 rings (SSSR count). The first-order chi connectivity index (χ1) is 9.30. The number of benzene rings is 1. The zero-order valence-electron chi connectivity index (χ0n) is 10.9. The van der Waals surface area contributed by atoms with E-state index >= 15 is 0 Å². The van der Waals surface area contributed by atoms with Crippen LogP contribution in [0.15, 0.2) is 30.3 Å². The molecule has 2 N–H and O–H groups in total. The Hall–Kier alpha value is -1.60. The second kappa shape index (κ2) is 7.25. The van der Waals surface area contributed by atoms with Gasteiger partial charge in [-0.05, 0) is 12.5 Å². The van der Waals surface area contributed by atoms with Crippen molar-refractivity contribution >= 4 is 5.91 Å². The van der Waals surface area contributed by atoms with Crippen molar-refractivity contribution < 1.29 is 27.8 Å². The lowest BCUT2D eigenvalue weighted by molar-refractivity contribution is -0.202. The fourth-order valence-electron chi connectivity index (χ4n) is 1.33. The summed E-state index contributed by atoms with van der Waals surface area (Å²) in [5.74, 6) is -0.704. The molecule has 2 atom stereocenters. The predicted molar refractivity (Wildman–Crippen MR) is 65.8 cm³/mol. The molecule has 0 aliphatic heterocycles. The number of hydrogen-bond acceptors (Lipinski definition) is 3. The van der Waals surface area contributed by atoms with Gasteiger partial charge in [-0.15, -0.1) is 0 Å². The number of halogens is 3. The van der Waals surface area contributed by atoms with E-state index in [0.717, 1.165) is 5.56 Å². The SMILES string of the molecule is CC(OCc1ccccc1)C(=O)NCC(O)C(F)(F)F. The molecule has 4 nitrogen and oxygen atoms in total. The highest BCUT2D eigenvalue weighted by atomic mass is 19.4. The van der Waals surface area contributed by atoms with E-state index in [0.29, 0.717) is 0 Å². The summed E-state index contributed by atoms with van der Waals surface area (Å²) in [6.07, 6.45) is -8.23. The number of aliphatic hydroxyl groups excluding tert-OH is 1. The Morgan fingerprint density at radius 2 is 1.95 bits per heavy atom. The quantitative estimate of drug-likeness (QED) is 0.837. The van der Waals surface area contributed by atoms with Gasteiger partial charge in [0, 0.05) is 0 Å². The largest absolute Gasteiger partial charge is 0.416 e. The highest BCUT2D eigenvalue weighted by Gasteiger charge is 2.38. The number of alkyl halides is 3. The number of hydrogen-bond donors (Lipinski definition) is 2. The Bertz CT molecular complexity index is 423. The second-order valence-corrected chi connectivity index (χ2v) is 4.24. The molecule has 0 spiro atoms. The van der Waals surface area contributed by atoms with E-state index in [4.69, 9.17) is 9.84 Å². The Balaban J connectivity index is 2.33. The smallest absolute Gasteiger partial charge is 0.382 e. The van der Waals surface area contributed by atoms with E-state index in [-0.39, 0.29) is 6.61 Å². The summed E-state index contributed by atoms with van der Waals surface area (Å²) < 4.78 is 41.3. The molecule has 112 valence electrons. The van der Waals surface area contributed by atoms with E-state index in [1.807, 2.05) is 23.5 Å². The number of aliphatic hydroxyl groups is 1. The van der Waals surface area contributed by atoms with Crippen LogP contribution in [0, 0.1) is 0 Å². The summed E-state index contributed by atoms with van der Waals surface area (Å²) >= 11 is 0. The van der Waals surface area contributed by atoms with Gasteiger partial charge in [0.1, 0.15) is 6.10 Å². The molecule has 20 heavy (non-hydrogen) atoms. The van der Waals surface area contributed by atoms with Crippen molar-refractivity contribution in [3.63, 3.8) is 0 Å². The van der Waals surface area contributed by atoms with E-state index in [9.17, 15) is 18.0 Å². The van der Waals surface area contributed by atoms with Crippen LogP contribution in [-0.2, 0) is 16.1 Å².